The van der Waals surface area contributed by atoms with Crippen LogP contribution in [0.4, 0.5) is 10.5 Å². The Morgan fingerprint density at radius 2 is 1.80 bits per heavy atom. The molecule has 216 valence electrons. The topological polar surface area (TPSA) is 70.9 Å². The van der Waals surface area contributed by atoms with Crippen molar-refractivity contribution in [3.63, 3.8) is 0 Å². The molecule has 41 heavy (non-hydrogen) atoms. The van der Waals surface area contributed by atoms with Gasteiger partial charge in [-0.1, -0.05) is 41.9 Å². The van der Waals surface area contributed by atoms with E-state index in [1.807, 2.05) is 61.7 Å². The first-order valence-electron chi connectivity index (χ1n) is 14.4. The normalized spacial score (nSPS) is 21.7. The Bertz CT molecular complexity index is 1420. The predicted molar refractivity (Wildman–Crippen MR) is 159 cm³/mol. The van der Waals surface area contributed by atoms with Crippen LogP contribution in [-0.2, 0) is 34.3 Å². The van der Waals surface area contributed by atoms with Crippen LogP contribution in [0.3, 0.4) is 0 Å². The monoisotopic (exact) mass is 575 g/mol. The standard InChI is InChI=1S/C32H38ClN5O3/c1-22-17-35(26(18-36-13-7-12-34-36)19-37(22)30(40)41-31(2,3)4)20-29(39)38-21-32(27-11-10-25(33)14-28(27)38)15-23-8-5-6-9-24(23)16-32/h5-14,22,26H,15-21H2,1-4H3/t22-,26+/m1/s1. The van der Waals surface area contributed by atoms with Crippen molar-refractivity contribution in [3.8, 4) is 0 Å². The lowest BCUT2D eigenvalue weighted by Gasteiger charge is -2.45. The minimum Gasteiger partial charge on any atom is -0.444 e. The highest BCUT2D eigenvalue weighted by Gasteiger charge is 2.48. The van der Waals surface area contributed by atoms with Gasteiger partial charge in [-0.05, 0) is 75.4 Å². The summed E-state index contributed by atoms with van der Waals surface area (Å²) in [5.74, 6) is 0.0460. The second-order valence-electron chi connectivity index (χ2n) is 12.8. The van der Waals surface area contributed by atoms with Gasteiger partial charge < -0.3 is 14.5 Å². The average Bonchev–Trinajstić information content (AvgIpc) is 3.62. The van der Waals surface area contributed by atoms with Crippen LogP contribution in [0.1, 0.15) is 44.4 Å². The largest absolute Gasteiger partial charge is 0.444 e. The van der Waals surface area contributed by atoms with Crippen LogP contribution in [0.15, 0.2) is 60.9 Å². The molecule has 9 heteroatoms. The van der Waals surface area contributed by atoms with Gasteiger partial charge in [0.2, 0.25) is 5.91 Å². The van der Waals surface area contributed by atoms with Crippen molar-refractivity contribution < 1.29 is 14.3 Å². The molecular weight excluding hydrogens is 538 g/mol. The van der Waals surface area contributed by atoms with E-state index in [4.69, 9.17) is 16.3 Å². The minimum atomic E-state index is -0.582. The van der Waals surface area contributed by atoms with Crippen LogP contribution in [0, 0.1) is 0 Å². The van der Waals surface area contributed by atoms with Gasteiger partial charge in [-0.15, -0.1) is 0 Å². The number of ether oxygens (including phenoxy) is 1. The number of benzene rings is 2. The number of anilines is 1. The fourth-order valence-corrected chi connectivity index (χ4v) is 6.97. The fraction of sp³-hybridized carbons (Fsp3) is 0.469. The third-order valence-electron chi connectivity index (χ3n) is 8.64. The number of piperazine rings is 1. The van der Waals surface area contributed by atoms with Gasteiger partial charge in [0.05, 0.1) is 13.1 Å². The molecule has 0 radical (unpaired) electrons. The molecule has 3 heterocycles. The zero-order valence-electron chi connectivity index (χ0n) is 24.2. The van der Waals surface area contributed by atoms with Crippen molar-refractivity contribution in [1.82, 2.24) is 19.6 Å². The van der Waals surface area contributed by atoms with E-state index in [-0.39, 0.29) is 36.0 Å². The third-order valence-corrected chi connectivity index (χ3v) is 8.87. The molecule has 0 bridgehead atoms. The molecule has 0 saturated carbocycles. The maximum atomic E-state index is 14.2. The lowest BCUT2D eigenvalue weighted by molar-refractivity contribution is -0.121. The summed E-state index contributed by atoms with van der Waals surface area (Å²) in [4.78, 5) is 33.2. The Balaban J connectivity index is 1.25. The van der Waals surface area contributed by atoms with E-state index in [9.17, 15) is 9.59 Å². The lowest BCUT2D eigenvalue weighted by atomic mass is 9.79. The van der Waals surface area contributed by atoms with Crippen molar-refractivity contribution in [3.05, 3.63) is 82.6 Å². The maximum Gasteiger partial charge on any atom is 0.410 e. The van der Waals surface area contributed by atoms with Crippen LogP contribution < -0.4 is 4.90 Å². The van der Waals surface area contributed by atoms with Gasteiger partial charge in [0, 0.05) is 60.2 Å². The first-order valence-corrected chi connectivity index (χ1v) is 14.8. The number of rotatable bonds is 4. The first kappa shape index (κ1) is 27.8. The van der Waals surface area contributed by atoms with Crippen molar-refractivity contribution in [1.29, 1.82) is 0 Å². The van der Waals surface area contributed by atoms with Gasteiger partial charge >= 0.3 is 6.09 Å². The van der Waals surface area contributed by atoms with Crippen molar-refractivity contribution in [2.24, 2.45) is 0 Å². The van der Waals surface area contributed by atoms with Crippen LogP contribution in [-0.4, -0.2) is 75.4 Å². The smallest absolute Gasteiger partial charge is 0.410 e. The molecule has 6 rings (SSSR count). The van der Waals surface area contributed by atoms with Gasteiger partial charge in [-0.25, -0.2) is 4.79 Å². The van der Waals surface area contributed by atoms with E-state index >= 15 is 0 Å². The zero-order valence-corrected chi connectivity index (χ0v) is 25.0. The number of hydrogen-bond donors (Lipinski definition) is 0. The van der Waals surface area contributed by atoms with Crippen LogP contribution in [0.25, 0.3) is 0 Å². The van der Waals surface area contributed by atoms with Gasteiger partial charge in [-0.2, -0.15) is 5.10 Å². The summed E-state index contributed by atoms with van der Waals surface area (Å²) in [5.41, 5.74) is 4.10. The van der Waals surface area contributed by atoms with E-state index in [0.29, 0.717) is 31.2 Å². The van der Waals surface area contributed by atoms with Crippen molar-refractivity contribution in [2.75, 3.05) is 31.1 Å². The molecule has 8 nitrogen and oxygen atoms in total. The molecule has 0 unspecified atom stereocenters. The van der Waals surface area contributed by atoms with Crippen LogP contribution >= 0.6 is 11.6 Å². The summed E-state index contributed by atoms with van der Waals surface area (Å²) >= 11 is 6.48. The van der Waals surface area contributed by atoms with Gasteiger partial charge in [0.1, 0.15) is 5.60 Å². The Hall–Kier alpha value is -3.36. The molecule has 1 fully saturated rings. The molecule has 1 aromatic heterocycles. The second-order valence-corrected chi connectivity index (χ2v) is 13.3. The average molecular weight is 576 g/mol. The zero-order chi connectivity index (χ0) is 28.9. The molecule has 2 atom stereocenters. The van der Waals surface area contributed by atoms with Crippen molar-refractivity contribution >= 4 is 29.3 Å². The maximum absolute atomic E-state index is 14.2. The number of nitrogens with zero attached hydrogens (tertiary/aromatic N) is 5. The molecule has 2 aliphatic heterocycles. The van der Waals surface area contributed by atoms with E-state index in [1.54, 1.807) is 11.1 Å². The third kappa shape index (κ3) is 5.47. The number of halogens is 1. The highest BCUT2D eigenvalue weighted by Crippen LogP contribution is 2.49. The number of fused-ring (bicyclic) bond motifs is 3. The molecule has 0 N–H and O–H groups in total. The summed E-state index contributed by atoms with van der Waals surface area (Å²) in [7, 11) is 0. The van der Waals surface area contributed by atoms with Crippen molar-refractivity contribution in [2.45, 2.75) is 70.2 Å². The van der Waals surface area contributed by atoms with Crippen LogP contribution in [0.5, 0.6) is 0 Å². The number of hydrogen-bond acceptors (Lipinski definition) is 5. The number of amides is 2. The molecule has 1 spiro atoms. The highest BCUT2D eigenvalue weighted by atomic mass is 35.5. The summed E-state index contributed by atoms with van der Waals surface area (Å²) in [6, 6.07) is 16.3. The first-order chi connectivity index (χ1) is 19.5. The fourth-order valence-electron chi connectivity index (χ4n) is 6.80. The van der Waals surface area contributed by atoms with E-state index in [0.717, 1.165) is 18.5 Å². The quantitative estimate of drug-likeness (QED) is 0.441. The Morgan fingerprint density at radius 1 is 1.07 bits per heavy atom. The summed E-state index contributed by atoms with van der Waals surface area (Å²) in [6.45, 7) is 10.1. The minimum absolute atomic E-state index is 0.0460. The Morgan fingerprint density at radius 3 is 2.46 bits per heavy atom. The number of carbonyl (C=O) groups is 2. The van der Waals surface area contributed by atoms with E-state index in [2.05, 4.69) is 40.3 Å². The molecule has 3 aromatic rings. The SMILES string of the molecule is C[C@@H]1CN(CC(=O)N2CC3(Cc4ccccc4C3)c3ccc(Cl)cc32)[C@@H](Cn2cccn2)CN1C(=O)OC(C)(C)C. The Kier molecular flexibility index (Phi) is 7.10. The molecular formula is C32H38ClN5O3. The summed E-state index contributed by atoms with van der Waals surface area (Å²) < 4.78 is 7.58. The summed E-state index contributed by atoms with van der Waals surface area (Å²) in [6.07, 6.45) is 5.16. The van der Waals surface area contributed by atoms with Gasteiger partial charge in [-0.3, -0.25) is 14.4 Å². The van der Waals surface area contributed by atoms with E-state index < -0.39 is 5.60 Å². The molecule has 1 aliphatic carbocycles. The van der Waals surface area contributed by atoms with E-state index in [1.165, 1.54) is 16.7 Å². The lowest BCUT2D eigenvalue weighted by Crippen LogP contribution is -2.62. The molecule has 2 aromatic carbocycles. The summed E-state index contributed by atoms with van der Waals surface area (Å²) in [5, 5.41) is 5.03. The molecule has 2 amide bonds. The highest BCUT2D eigenvalue weighted by molar-refractivity contribution is 6.31. The molecule has 1 saturated heterocycles. The number of carbonyl (C=O) groups excluding carboxylic acids is 2. The predicted octanol–water partition coefficient (Wildman–Crippen LogP) is 4.93. The number of aromatic nitrogens is 2. The van der Waals surface area contributed by atoms with Gasteiger partial charge in [0.25, 0.3) is 0 Å². The Labute approximate surface area is 246 Å². The second kappa shape index (κ2) is 10.5. The van der Waals surface area contributed by atoms with Crippen LogP contribution in [0.2, 0.25) is 5.02 Å². The van der Waals surface area contributed by atoms with Gasteiger partial charge in [0.15, 0.2) is 0 Å². The molecule has 3 aliphatic rings.